The van der Waals surface area contributed by atoms with Crippen molar-refractivity contribution in [2.24, 2.45) is 0 Å². The molecule has 4 rings (SSSR count). The van der Waals surface area contributed by atoms with Crippen molar-refractivity contribution in [2.45, 2.75) is 44.4 Å². The highest BCUT2D eigenvalue weighted by Gasteiger charge is 2.33. The van der Waals surface area contributed by atoms with Crippen LogP contribution in [0.25, 0.3) is 10.9 Å². The van der Waals surface area contributed by atoms with Crippen molar-refractivity contribution in [3.05, 3.63) is 60.8 Å². The quantitative estimate of drug-likeness (QED) is 0.511. The van der Waals surface area contributed by atoms with Gasteiger partial charge in [0.1, 0.15) is 5.75 Å². The lowest BCUT2D eigenvalue weighted by atomic mass is 10.2. The molecule has 0 bridgehead atoms. The van der Waals surface area contributed by atoms with Crippen LogP contribution in [0.4, 0.5) is 0 Å². The summed E-state index contributed by atoms with van der Waals surface area (Å²) in [5, 5.41) is 1.25. The minimum absolute atomic E-state index is 0.0556. The summed E-state index contributed by atoms with van der Waals surface area (Å²) in [5.74, 6) is 0.685. The molecule has 1 atom stereocenters. The molecule has 2 heterocycles. The SMILES string of the molecule is CC(C)Oc1ccc(S(=O)(=O)N2CCN(CCn3ccc4ccccc43)CC2C)cc1.O=C=O. The van der Waals surface area contributed by atoms with Crippen LogP contribution in [0.3, 0.4) is 0 Å². The van der Waals surface area contributed by atoms with Gasteiger partial charge in [0.25, 0.3) is 0 Å². The maximum atomic E-state index is 13.2. The molecule has 1 fully saturated rings. The number of nitrogens with zero attached hydrogens (tertiary/aromatic N) is 3. The molecule has 1 aliphatic heterocycles. The van der Waals surface area contributed by atoms with Crippen LogP contribution in [0.5, 0.6) is 5.75 Å². The number of rotatable bonds is 7. The van der Waals surface area contributed by atoms with Crippen molar-refractivity contribution < 1.29 is 22.7 Å². The minimum Gasteiger partial charge on any atom is -0.491 e. The summed E-state index contributed by atoms with van der Waals surface area (Å²) in [4.78, 5) is 18.9. The number of hydrogen-bond acceptors (Lipinski definition) is 6. The molecule has 1 aromatic heterocycles. The third-order valence-corrected chi connectivity index (χ3v) is 7.82. The van der Waals surface area contributed by atoms with E-state index in [0.29, 0.717) is 17.2 Å². The molecular formula is C25H31N3O5S. The summed E-state index contributed by atoms with van der Waals surface area (Å²) >= 11 is 0. The number of para-hydroxylation sites is 1. The van der Waals surface area contributed by atoms with Crippen LogP contribution >= 0.6 is 0 Å². The Balaban J connectivity index is 0.00000103. The molecule has 1 saturated heterocycles. The summed E-state index contributed by atoms with van der Waals surface area (Å²) in [7, 11) is -3.52. The predicted octanol–water partition coefficient (Wildman–Crippen LogP) is 3.24. The average molecular weight is 486 g/mol. The first-order valence-corrected chi connectivity index (χ1v) is 12.7. The number of fused-ring (bicyclic) bond motifs is 1. The smallest absolute Gasteiger partial charge is 0.373 e. The second-order valence-electron chi connectivity index (χ2n) is 8.55. The fourth-order valence-corrected chi connectivity index (χ4v) is 5.87. The van der Waals surface area contributed by atoms with Crippen molar-refractivity contribution in [2.75, 3.05) is 26.2 Å². The lowest BCUT2D eigenvalue weighted by molar-refractivity contribution is -0.191. The van der Waals surface area contributed by atoms with Crippen molar-refractivity contribution in [1.29, 1.82) is 0 Å². The van der Waals surface area contributed by atoms with Gasteiger partial charge >= 0.3 is 6.15 Å². The highest BCUT2D eigenvalue weighted by molar-refractivity contribution is 7.89. The third-order valence-electron chi connectivity index (χ3n) is 5.79. The highest BCUT2D eigenvalue weighted by Crippen LogP contribution is 2.24. The molecule has 0 saturated carbocycles. The molecule has 0 amide bonds. The Kier molecular flexibility index (Phi) is 8.63. The molecule has 1 aliphatic rings. The van der Waals surface area contributed by atoms with E-state index in [1.54, 1.807) is 28.6 Å². The zero-order chi connectivity index (χ0) is 24.7. The van der Waals surface area contributed by atoms with Crippen molar-refractivity contribution in [1.82, 2.24) is 13.8 Å². The van der Waals surface area contributed by atoms with Gasteiger partial charge in [0, 0.05) is 50.5 Å². The average Bonchev–Trinajstić information content (AvgIpc) is 3.21. The molecular weight excluding hydrogens is 454 g/mol. The van der Waals surface area contributed by atoms with E-state index < -0.39 is 10.0 Å². The van der Waals surface area contributed by atoms with Gasteiger partial charge in [-0.1, -0.05) is 18.2 Å². The monoisotopic (exact) mass is 485 g/mol. The van der Waals surface area contributed by atoms with E-state index in [9.17, 15) is 8.42 Å². The Morgan fingerprint density at radius 3 is 2.32 bits per heavy atom. The van der Waals surface area contributed by atoms with E-state index in [4.69, 9.17) is 14.3 Å². The van der Waals surface area contributed by atoms with E-state index >= 15 is 0 Å². The number of hydrogen-bond donors (Lipinski definition) is 0. The van der Waals surface area contributed by atoms with Crippen molar-refractivity contribution in [3.8, 4) is 5.75 Å². The first-order valence-electron chi connectivity index (χ1n) is 11.3. The topological polar surface area (TPSA) is 88.9 Å². The van der Waals surface area contributed by atoms with Crippen LogP contribution < -0.4 is 4.74 Å². The van der Waals surface area contributed by atoms with E-state index in [-0.39, 0.29) is 18.3 Å². The van der Waals surface area contributed by atoms with Gasteiger partial charge in [0.15, 0.2) is 0 Å². The number of aromatic nitrogens is 1. The zero-order valence-electron chi connectivity index (χ0n) is 19.8. The van der Waals surface area contributed by atoms with E-state index in [0.717, 1.165) is 26.2 Å². The standard InChI is InChI=1S/C24H31N3O3S.CO2/c1-19(2)30-22-8-10-23(11-9-22)31(28,29)27-17-15-25(18-20(27)3)14-16-26-13-12-21-6-4-5-7-24(21)26;2-1-3/h4-13,19-20H,14-18H2,1-3H3;. The summed E-state index contributed by atoms with van der Waals surface area (Å²) in [6.07, 6.45) is 2.43. The molecule has 9 heteroatoms. The van der Waals surface area contributed by atoms with Gasteiger partial charge in [0.2, 0.25) is 10.0 Å². The van der Waals surface area contributed by atoms with Gasteiger partial charge in [-0.2, -0.15) is 13.9 Å². The van der Waals surface area contributed by atoms with Gasteiger partial charge in [-0.05, 0) is 62.6 Å². The summed E-state index contributed by atoms with van der Waals surface area (Å²) in [6.45, 7) is 9.65. The molecule has 8 nitrogen and oxygen atoms in total. The number of carbonyl (C=O) groups excluding carboxylic acids is 2. The van der Waals surface area contributed by atoms with E-state index in [1.807, 2.05) is 20.8 Å². The van der Waals surface area contributed by atoms with Crippen LogP contribution in [0.15, 0.2) is 65.7 Å². The Hall–Kier alpha value is -2.97. The molecule has 0 N–H and O–H groups in total. The Morgan fingerprint density at radius 2 is 1.68 bits per heavy atom. The van der Waals surface area contributed by atoms with Crippen LogP contribution in [0, 0.1) is 0 Å². The van der Waals surface area contributed by atoms with Crippen LogP contribution in [0.2, 0.25) is 0 Å². The number of sulfonamides is 1. The fourth-order valence-electron chi connectivity index (χ4n) is 4.26. The van der Waals surface area contributed by atoms with Gasteiger partial charge in [-0.15, -0.1) is 0 Å². The second-order valence-corrected chi connectivity index (χ2v) is 10.4. The van der Waals surface area contributed by atoms with Crippen molar-refractivity contribution in [3.63, 3.8) is 0 Å². The molecule has 0 aliphatic carbocycles. The lowest BCUT2D eigenvalue weighted by Crippen LogP contribution is -2.54. The maximum absolute atomic E-state index is 13.2. The van der Waals surface area contributed by atoms with Crippen LogP contribution in [0.1, 0.15) is 20.8 Å². The van der Waals surface area contributed by atoms with Gasteiger partial charge < -0.3 is 9.30 Å². The Bertz CT molecular complexity index is 1210. The fraction of sp³-hybridized carbons (Fsp3) is 0.400. The van der Waals surface area contributed by atoms with Crippen LogP contribution in [-0.4, -0.2) is 66.7 Å². The molecule has 2 aromatic carbocycles. The first-order chi connectivity index (χ1) is 16.3. The van der Waals surface area contributed by atoms with E-state index in [2.05, 4.69) is 46.0 Å². The number of ether oxygens (including phenoxy) is 1. The molecule has 0 spiro atoms. The number of benzene rings is 2. The molecule has 34 heavy (non-hydrogen) atoms. The largest absolute Gasteiger partial charge is 0.491 e. The summed E-state index contributed by atoms with van der Waals surface area (Å²) in [5.41, 5.74) is 1.24. The summed E-state index contributed by atoms with van der Waals surface area (Å²) in [6, 6.07) is 17.2. The normalized spacial score (nSPS) is 17.2. The van der Waals surface area contributed by atoms with Gasteiger partial charge in [-0.3, -0.25) is 4.90 Å². The first kappa shape index (κ1) is 25.6. The van der Waals surface area contributed by atoms with Crippen molar-refractivity contribution >= 4 is 27.1 Å². The van der Waals surface area contributed by atoms with E-state index in [1.165, 1.54) is 10.9 Å². The Labute approximate surface area is 200 Å². The van der Waals surface area contributed by atoms with Crippen LogP contribution in [-0.2, 0) is 26.2 Å². The minimum atomic E-state index is -3.52. The highest BCUT2D eigenvalue weighted by atomic mass is 32.2. The predicted molar refractivity (Wildman–Crippen MR) is 129 cm³/mol. The molecule has 3 aromatic rings. The Morgan fingerprint density at radius 1 is 1.00 bits per heavy atom. The molecule has 1 unspecified atom stereocenters. The zero-order valence-corrected chi connectivity index (χ0v) is 20.6. The summed E-state index contributed by atoms with van der Waals surface area (Å²) < 4.78 is 35.9. The second kappa shape index (κ2) is 11.4. The maximum Gasteiger partial charge on any atom is 0.373 e. The molecule has 0 radical (unpaired) electrons. The lowest BCUT2D eigenvalue weighted by Gasteiger charge is -2.39. The molecule has 182 valence electrons. The van der Waals surface area contributed by atoms with Gasteiger partial charge in [-0.25, -0.2) is 8.42 Å². The number of piperazine rings is 1. The third kappa shape index (κ3) is 6.12. The van der Waals surface area contributed by atoms with Gasteiger partial charge in [0.05, 0.1) is 11.0 Å².